The lowest BCUT2D eigenvalue weighted by Crippen LogP contribution is -2.35. The summed E-state index contributed by atoms with van der Waals surface area (Å²) >= 11 is 1.64. The number of rotatable bonds is 3. The van der Waals surface area contributed by atoms with Gasteiger partial charge in [0.05, 0.1) is 12.1 Å². The molecule has 1 N–H and O–H groups in total. The molecule has 0 spiro atoms. The number of aromatic amines is 1. The van der Waals surface area contributed by atoms with E-state index >= 15 is 0 Å². The number of nitrogens with one attached hydrogen (secondary N) is 1. The number of carbonyl (C=O) groups is 1. The van der Waals surface area contributed by atoms with Crippen molar-refractivity contribution >= 4 is 27.3 Å². The first-order valence-electron chi connectivity index (χ1n) is 8.27. The normalized spacial score (nSPS) is 16.4. The van der Waals surface area contributed by atoms with Crippen molar-refractivity contribution in [1.82, 2.24) is 19.8 Å². The van der Waals surface area contributed by atoms with E-state index in [1.165, 1.54) is 4.70 Å². The Balaban J connectivity index is 1.46. The van der Waals surface area contributed by atoms with Crippen LogP contribution in [0.3, 0.4) is 0 Å². The zero-order chi connectivity index (χ0) is 16.4. The number of hydrogen-bond donors (Lipinski definition) is 1. The molecule has 0 saturated carbocycles. The van der Waals surface area contributed by atoms with E-state index in [9.17, 15) is 4.79 Å². The third kappa shape index (κ3) is 3.07. The topological polar surface area (TPSA) is 52.2 Å². The summed E-state index contributed by atoms with van der Waals surface area (Å²) < 4.78 is 1.18. The highest BCUT2D eigenvalue weighted by Crippen LogP contribution is 2.27. The Morgan fingerprint density at radius 3 is 3.00 bits per heavy atom. The molecule has 5 nitrogen and oxygen atoms in total. The maximum atomic E-state index is 12.9. The summed E-state index contributed by atoms with van der Waals surface area (Å²) in [4.78, 5) is 24.7. The Bertz CT molecular complexity index is 827. The number of thiophene rings is 1. The van der Waals surface area contributed by atoms with Gasteiger partial charge in [0, 0.05) is 54.0 Å². The molecule has 1 saturated heterocycles. The minimum absolute atomic E-state index is 0.160. The molecule has 0 aliphatic carbocycles. The molecule has 1 amide bonds. The molecule has 1 fully saturated rings. The lowest BCUT2D eigenvalue weighted by molar-refractivity contribution is 0.0763. The van der Waals surface area contributed by atoms with Crippen LogP contribution >= 0.6 is 11.3 Å². The second-order valence-electron chi connectivity index (χ2n) is 6.10. The monoisotopic (exact) mass is 340 g/mol. The average molecular weight is 340 g/mol. The van der Waals surface area contributed by atoms with E-state index in [-0.39, 0.29) is 5.91 Å². The van der Waals surface area contributed by atoms with Crippen molar-refractivity contribution in [3.05, 3.63) is 53.4 Å². The van der Waals surface area contributed by atoms with Gasteiger partial charge in [-0.15, -0.1) is 11.3 Å². The molecule has 1 aromatic carbocycles. The smallest absolute Gasteiger partial charge is 0.255 e. The summed E-state index contributed by atoms with van der Waals surface area (Å²) in [6.45, 7) is 4.28. The van der Waals surface area contributed by atoms with E-state index in [2.05, 4.69) is 20.9 Å². The maximum Gasteiger partial charge on any atom is 0.255 e. The van der Waals surface area contributed by atoms with Crippen molar-refractivity contribution in [2.75, 3.05) is 26.2 Å². The highest BCUT2D eigenvalue weighted by atomic mass is 32.1. The van der Waals surface area contributed by atoms with Crippen LogP contribution in [0.2, 0.25) is 0 Å². The number of imidazole rings is 1. The van der Waals surface area contributed by atoms with Crippen LogP contribution < -0.4 is 0 Å². The number of carbonyl (C=O) groups excluding carboxylic acids is 1. The zero-order valence-electron chi connectivity index (χ0n) is 13.4. The lowest BCUT2D eigenvalue weighted by atomic mass is 10.1. The van der Waals surface area contributed by atoms with E-state index in [4.69, 9.17) is 0 Å². The van der Waals surface area contributed by atoms with Crippen molar-refractivity contribution in [2.45, 2.75) is 13.0 Å². The number of fused-ring (bicyclic) bond motifs is 1. The molecule has 1 aliphatic heterocycles. The second-order valence-corrected chi connectivity index (χ2v) is 7.01. The van der Waals surface area contributed by atoms with E-state index in [0.717, 1.165) is 55.9 Å². The van der Waals surface area contributed by atoms with Crippen LogP contribution in [0.25, 0.3) is 10.1 Å². The summed E-state index contributed by atoms with van der Waals surface area (Å²) in [6.07, 6.45) is 4.63. The van der Waals surface area contributed by atoms with Gasteiger partial charge in [0.25, 0.3) is 5.91 Å². The molecule has 0 radical (unpaired) electrons. The maximum absolute atomic E-state index is 12.9. The minimum Gasteiger partial charge on any atom is -0.348 e. The van der Waals surface area contributed by atoms with Crippen LogP contribution in [-0.4, -0.2) is 51.9 Å². The summed E-state index contributed by atoms with van der Waals surface area (Å²) in [5.74, 6) is 1.14. The van der Waals surface area contributed by atoms with Crippen molar-refractivity contribution in [2.24, 2.45) is 0 Å². The van der Waals surface area contributed by atoms with Crippen molar-refractivity contribution in [3.63, 3.8) is 0 Å². The molecule has 2 aromatic heterocycles. The molecule has 0 atom stereocenters. The molecule has 0 bridgehead atoms. The van der Waals surface area contributed by atoms with E-state index < -0.39 is 0 Å². The molecular formula is C18H20N4OS. The fraction of sp³-hybridized carbons (Fsp3) is 0.333. The first-order valence-corrected chi connectivity index (χ1v) is 9.15. The molecule has 124 valence electrons. The zero-order valence-corrected chi connectivity index (χ0v) is 14.3. The van der Waals surface area contributed by atoms with Gasteiger partial charge in [-0.2, -0.15) is 0 Å². The first kappa shape index (κ1) is 15.4. The standard InChI is InChI=1S/C18H20N4OS/c23-18(15-13-24-16-5-2-1-4-14(15)16)22-9-3-8-21(10-11-22)12-17-19-6-7-20-17/h1-2,4-7,13H,3,8-12H2,(H,19,20). The highest BCUT2D eigenvalue weighted by molar-refractivity contribution is 7.17. The van der Waals surface area contributed by atoms with Gasteiger partial charge >= 0.3 is 0 Å². The predicted octanol–water partition coefficient (Wildman–Crippen LogP) is 2.97. The van der Waals surface area contributed by atoms with Gasteiger partial charge in [0.2, 0.25) is 0 Å². The molecular weight excluding hydrogens is 320 g/mol. The van der Waals surface area contributed by atoms with E-state index in [0.29, 0.717) is 0 Å². The molecule has 24 heavy (non-hydrogen) atoms. The van der Waals surface area contributed by atoms with Crippen LogP contribution in [0.15, 0.2) is 42.0 Å². The predicted molar refractivity (Wildman–Crippen MR) is 96.2 cm³/mol. The van der Waals surface area contributed by atoms with Crippen LogP contribution in [0, 0.1) is 0 Å². The van der Waals surface area contributed by atoms with Crippen molar-refractivity contribution < 1.29 is 4.79 Å². The Morgan fingerprint density at radius 2 is 2.12 bits per heavy atom. The van der Waals surface area contributed by atoms with Gasteiger partial charge in [0.15, 0.2) is 0 Å². The Morgan fingerprint density at radius 1 is 1.21 bits per heavy atom. The SMILES string of the molecule is O=C(c1csc2ccccc12)N1CCCN(Cc2ncc[nH]2)CC1. The number of nitrogens with zero attached hydrogens (tertiary/aromatic N) is 3. The van der Waals surface area contributed by atoms with Gasteiger partial charge in [-0.25, -0.2) is 4.98 Å². The van der Waals surface area contributed by atoms with Gasteiger partial charge in [-0.05, 0) is 12.5 Å². The van der Waals surface area contributed by atoms with Crippen LogP contribution in [0.5, 0.6) is 0 Å². The Kier molecular flexibility index (Phi) is 4.32. The number of aromatic nitrogens is 2. The number of benzene rings is 1. The minimum atomic E-state index is 0.160. The van der Waals surface area contributed by atoms with Gasteiger partial charge < -0.3 is 9.88 Å². The first-order chi connectivity index (χ1) is 11.8. The molecule has 3 aromatic rings. The number of H-pyrrole nitrogens is 1. The van der Waals surface area contributed by atoms with E-state index in [1.807, 2.05) is 34.7 Å². The molecule has 1 aliphatic rings. The third-order valence-corrected chi connectivity index (χ3v) is 5.48. The van der Waals surface area contributed by atoms with Crippen LogP contribution in [0.1, 0.15) is 22.6 Å². The molecule has 4 rings (SSSR count). The summed E-state index contributed by atoms with van der Waals surface area (Å²) in [5.41, 5.74) is 0.843. The largest absolute Gasteiger partial charge is 0.348 e. The van der Waals surface area contributed by atoms with Crippen LogP contribution in [-0.2, 0) is 6.54 Å². The fourth-order valence-corrected chi connectivity index (χ4v) is 4.18. The quantitative estimate of drug-likeness (QED) is 0.797. The van der Waals surface area contributed by atoms with Crippen molar-refractivity contribution in [3.8, 4) is 0 Å². The second kappa shape index (κ2) is 6.75. The van der Waals surface area contributed by atoms with Crippen molar-refractivity contribution in [1.29, 1.82) is 0 Å². The van der Waals surface area contributed by atoms with Crippen LogP contribution in [0.4, 0.5) is 0 Å². The Hall–Kier alpha value is -2.18. The Labute approximate surface area is 144 Å². The summed E-state index contributed by atoms with van der Waals surface area (Å²) in [5, 5.41) is 3.07. The molecule has 0 unspecified atom stereocenters. The highest BCUT2D eigenvalue weighted by Gasteiger charge is 2.22. The molecule has 3 heterocycles. The third-order valence-electron chi connectivity index (χ3n) is 4.52. The van der Waals surface area contributed by atoms with Gasteiger partial charge in [-0.3, -0.25) is 9.69 Å². The number of hydrogen-bond acceptors (Lipinski definition) is 4. The van der Waals surface area contributed by atoms with Gasteiger partial charge in [-0.1, -0.05) is 18.2 Å². The van der Waals surface area contributed by atoms with Gasteiger partial charge in [0.1, 0.15) is 5.82 Å². The molecule has 6 heteroatoms. The summed E-state index contributed by atoms with van der Waals surface area (Å²) in [6, 6.07) is 8.13. The number of amides is 1. The van der Waals surface area contributed by atoms with E-state index in [1.54, 1.807) is 17.5 Å². The fourth-order valence-electron chi connectivity index (χ4n) is 3.24. The lowest BCUT2D eigenvalue weighted by Gasteiger charge is -2.21. The summed E-state index contributed by atoms with van der Waals surface area (Å²) in [7, 11) is 0. The average Bonchev–Trinajstić information content (AvgIpc) is 3.20.